The van der Waals surface area contributed by atoms with Crippen molar-refractivity contribution in [2.75, 3.05) is 7.05 Å². The highest BCUT2D eigenvalue weighted by molar-refractivity contribution is 7.80. The third kappa shape index (κ3) is 3.08. The summed E-state index contributed by atoms with van der Waals surface area (Å²) in [6.07, 6.45) is 4.84. The number of fused-ring (bicyclic) bond motifs is 1. The number of benzene rings is 1. The second-order valence-corrected chi connectivity index (χ2v) is 6.09. The maximum atomic E-state index is 9.76. The van der Waals surface area contributed by atoms with E-state index < -0.39 is 0 Å². The van der Waals surface area contributed by atoms with E-state index in [1.165, 1.54) is 0 Å². The van der Waals surface area contributed by atoms with Crippen LogP contribution in [0.5, 0.6) is 0 Å². The minimum atomic E-state index is -0.158. The number of hydrogen-bond acceptors (Lipinski definition) is 5. The molecule has 5 nitrogen and oxygen atoms in total. The highest BCUT2D eigenvalue weighted by atomic mass is 32.1. The summed E-state index contributed by atoms with van der Waals surface area (Å²) in [6, 6.07) is 6.13. The van der Waals surface area contributed by atoms with E-state index in [1.807, 2.05) is 25.2 Å². The SMILES string of the molecule is CN(C(=S)c1ccc2nonc2c1)C1CCCB(O)CC1. The minimum Gasteiger partial charge on any atom is -0.450 e. The molecule has 0 aliphatic carbocycles. The van der Waals surface area contributed by atoms with Gasteiger partial charge in [0.15, 0.2) is 0 Å². The second-order valence-electron chi connectivity index (χ2n) is 5.70. The van der Waals surface area contributed by atoms with Gasteiger partial charge in [0, 0.05) is 18.7 Å². The summed E-state index contributed by atoms with van der Waals surface area (Å²) in [7, 11) is 2.04. The molecular formula is C14H18BN3O2S. The molecule has 110 valence electrons. The molecular weight excluding hydrogens is 285 g/mol. The van der Waals surface area contributed by atoms with Crippen LogP contribution in [0, 0.1) is 0 Å². The van der Waals surface area contributed by atoms with E-state index in [0.717, 1.165) is 53.5 Å². The molecule has 0 saturated carbocycles. The minimum absolute atomic E-state index is 0.158. The molecule has 7 heteroatoms. The fraction of sp³-hybridized carbons (Fsp3) is 0.500. The van der Waals surface area contributed by atoms with Crippen molar-refractivity contribution in [3.05, 3.63) is 23.8 Å². The van der Waals surface area contributed by atoms with Crippen LogP contribution < -0.4 is 0 Å². The molecule has 1 fully saturated rings. The van der Waals surface area contributed by atoms with Crippen LogP contribution in [-0.4, -0.2) is 45.2 Å². The predicted molar refractivity (Wildman–Crippen MR) is 86.5 cm³/mol. The molecule has 1 N–H and O–H groups in total. The van der Waals surface area contributed by atoms with Crippen molar-refractivity contribution in [2.24, 2.45) is 0 Å². The number of hydrogen-bond donors (Lipinski definition) is 1. The van der Waals surface area contributed by atoms with E-state index in [4.69, 9.17) is 16.8 Å². The molecule has 2 heterocycles. The van der Waals surface area contributed by atoms with E-state index in [9.17, 15) is 5.02 Å². The maximum Gasteiger partial charge on any atom is 0.289 e. The molecule has 3 rings (SSSR count). The Balaban J connectivity index is 1.76. The van der Waals surface area contributed by atoms with Crippen molar-refractivity contribution < 1.29 is 9.65 Å². The molecule has 1 aliphatic heterocycles. The van der Waals surface area contributed by atoms with Gasteiger partial charge in [-0.05, 0) is 54.0 Å². The molecule has 2 aromatic rings. The van der Waals surface area contributed by atoms with Crippen LogP contribution in [0.2, 0.25) is 12.6 Å². The lowest BCUT2D eigenvalue weighted by molar-refractivity contribution is 0.315. The van der Waals surface area contributed by atoms with Gasteiger partial charge in [-0.25, -0.2) is 4.63 Å². The van der Waals surface area contributed by atoms with Gasteiger partial charge in [-0.15, -0.1) is 0 Å². The number of nitrogens with zero attached hydrogens (tertiary/aromatic N) is 3. The first-order valence-electron chi connectivity index (χ1n) is 7.32. The fourth-order valence-electron chi connectivity index (χ4n) is 2.93. The standard InChI is InChI=1S/C14H18BN3O2S/c1-18(11-3-2-7-15(19)8-6-11)14(21)10-4-5-12-13(9-10)17-20-16-12/h4-5,9,11,19H,2-3,6-8H2,1H3. The lowest BCUT2D eigenvalue weighted by Gasteiger charge is -2.29. The average molecular weight is 303 g/mol. The molecule has 0 amide bonds. The van der Waals surface area contributed by atoms with Crippen LogP contribution in [0.4, 0.5) is 0 Å². The van der Waals surface area contributed by atoms with Gasteiger partial charge in [-0.1, -0.05) is 18.6 Å². The Morgan fingerprint density at radius 2 is 2.14 bits per heavy atom. The zero-order valence-electron chi connectivity index (χ0n) is 12.0. The van der Waals surface area contributed by atoms with Crippen LogP contribution in [0.25, 0.3) is 11.0 Å². The molecule has 1 saturated heterocycles. The van der Waals surface area contributed by atoms with E-state index >= 15 is 0 Å². The van der Waals surface area contributed by atoms with Crippen molar-refractivity contribution in [3.8, 4) is 0 Å². The van der Waals surface area contributed by atoms with Crippen molar-refractivity contribution in [1.82, 2.24) is 15.2 Å². The molecule has 21 heavy (non-hydrogen) atoms. The first-order valence-corrected chi connectivity index (χ1v) is 7.73. The van der Waals surface area contributed by atoms with Crippen LogP contribution in [0.1, 0.15) is 24.8 Å². The Kier molecular flexibility index (Phi) is 4.21. The molecule has 0 bridgehead atoms. The van der Waals surface area contributed by atoms with Crippen molar-refractivity contribution in [1.29, 1.82) is 0 Å². The summed E-state index contributed by atoms with van der Waals surface area (Å²) in [5.74, 6) is 0. The molecule has 1 aliphatic rings. The molecule has 1 atom stereocenters. The number of rotatable bonds is 2. The Bertz CT molecular complexity index is 648. The third-order valence-corrected chi connectivity index (χ3v) is 4.80. The molecule has 1 unspecified atom stereocenters. The van der Waals surface area contributed by atoms with Crippen LogP contribution in [0.15, 0.2) is 22.8 Å². The topological polar surface area (TPSA) is 62.4 Å². The molecule has 0 spiro atoms. The fourth-order valence-corrected chi connectivity index (χ4v) is 3.21. The Labute approximate surface area is 129 Å². The highest BCUT2D eigenvalue weighted by Gasteiger charge is 2.24. The second kappa shape index (κ2) is 6.11. The monoisotopic (exact) mass is 303 g/mol. The first-order chi connectivity index (χ1) is 10.1. The summed E-state index contributed by atoms with van der Waals surface area (Å²) >= 11 is 5.62. The smallest absolute Gasteiger partial charge is 0.289 e. The summed E-state index contributed by atoms with van der Waals surface area (Å²) in [6.45, 7) is -0.158. The van der Waals surface area contributed by atoms with Crippen molar-refractivity contribution in [3.63, 3.8) is 0 Å². The van der Waals surface area contributed by atoms with Gasteiger partial charge < -0.3 is 9.92 Å². The Hall–Kier alpha value is -1.47. The van der Waals surface area contributed by atoms with Gasteiger partial charge in [0.2, 0.25) is 0 Å². The summed E-state index contributed by atoms with van der Waals surface area (Å²) in [5.41, 5.74) is 2.42. The lowest BCUT2D eigenvalue weighted by atomic mass is 9.61. The number of thiocarbonyl (C=S) groups is 1. The summed E-state index contributed by atoms with van der Waals surface area (Å²) in [4.78, 5) is 2.96. The van der Waals surface area contributed by atoms with E-state index in [2.05, 4.69) is 15.2 Å². The third-order valence-electron chi connectivity index (χ3n) is 4.28. The number of aromatic nitrogens is 2. The highest BCUT2D eigenvalue weighted by Crippen LogP contribution is 2.23. The van der Waals surface area contributed by atoms with Gasteiger partial charge >= 0.3 is 0 Å². The van der Waals surface area contributed by atoms with Gasteiger partial charge in [-0.3, -0.25) is 0 Å². The Morgan fingerprint density at radius 3 is 3.00 bits per heavy atom. The predicted octanol–water partition coefficient (Wildman–Crippen LogP) is 2.37. The summed E-state index contributed by atoms with van der Waals surface area (Å²) < 4.78 is 4.72. The van der Waals surface area contributed by atoms with Crippen molar-refractivity contribution >= 4 is 35.2 Å². The van der Waals surface area contributed by atoms with E-state index in [-0.39, 0.29) is 6.92 Å². The largest absolute Gasteiger partial charge is 0.450 e. The van der Waals surface area contributed by atoms with Gasteiger partial charge in [0.25, 0.3) is 6.92 Å². The zero-order valence-corrected chi connectivity index (χ0v) is 12.8. The van der Waals surface area contributed by atoms with Gasteiger partial charge in [0.1, 0.15) is 16.0 Å². The van der Waals surface area contributed by atoms with Gasteiger partial charge in [0.05, 0.1) is 0 Å². The Morgan fingerprint density at radius 1 is 1.33 bits per heavy atom. The van der Waals surface area contributed by atoms with Crippen molar-refractivity contribution in [2.45, 2.75) is 37.9 Å². The van der Waals surface area contributed by atoms with Crippen LogP contribution >= 0.6 is 12.2 Å². The normalized spacial score (nSPS) is 19.5. The quantitative estimate of drug-likeness (QED) is 0.679. The average Bonchev–Trinajstić information content (AvgIpc) is 2.86. The van der Waals surface area contributed by atoms with Crippen LogP contribution in [-0.2, 0) is 0 Å². The van der Waals surface area contributed by atoms with E-state index in [1.54, 1.807) is 0 Å². The van der Waals surface area contributed by atoms with Gasteiger partial charge in [-0.2, -0.15) is 0 Å². The first kappa shape index (κ1) is 14.5. The van der Waals surface area contributed by atoms with E-state index in [0.29, 0.717) is 6.04 Å². The molecule has 0 radical (unpaired) electrons. The molecule has 1 aromatic heterocycles. The maximum absolute atomic E-state index is 9.76. The summed E-state index contributed by atoms with van der Waals surface area (Å²) in [5, 5.41) is 17.4. The molecule has 1 aromatic carbocycles. The van der Waals surface area contributed by atoms with Crippen LogP contribution in [0.3, 0.4) is 0 Å². The lowest BCUT2D eigenvalue weighted by Crippen LogP contribution is -2.36. The zero-order chi connectivity index (χ0) is 14.8.